The highest BCUT2D eigenvalue weighted by Crippen LogP contribution is 2.40. The molecule has 192 valence electrons. The van der Waals surface area contributed by atoms with Crippen LogP contribution >= 0.6 is 0 Å². The van der Waals surface area contributed by atoms with Crippen molar-refractivity contribution in [1.29, 1.82) is 0 Å². The number of hydrogen-bond acceptors (Lipinski definition) is 7. The molecule has 0 unspecified atom stereocenters. The quantitative estimate of drug-likeness (QED) is 0.333. The first-order chi connectivity index (χ1) is 17.8. The van der Waals surface area contributed by atoms with Gasteiger partial charge in [-0.15, -0.1) is 10.2 Å². The van der Waals surface area contributed by atoms with Crippen molar-refractivity contribution >= 4 is 16.6 Å². The van der Waals surface area contributed by atoms with Crippen molar-refractivity contribution in [2.75, 3.05) is 12.4 Å². The summed E-state index contributed by atoms with van der Waals surface area (Å²) in [5, 5.41) is 23.3. The number of methoxy groups -OCH3 is 1. The van der Waals surface area contributed by atoms with Crippen molar-refractivity contribution in [3.8, 4) is 22.8 Å². The Balaban J connectivity index is 1.53. The molecular weight excluding hydrogens is 485 g/mol. The van der Waals surface area contributed by atoms with Gasteiger partial charge in [-0.2, -0.15) is 13.2 Å². The van der Waals surface area contributed by atoms with Crippen LogP contribution in [0.3, 0.4) is 0 Å². The Kier molecular flexibility index (Phi) is 6.84. The van der Waals surface area contributed by atoms with Crippen LogP contribution < -0.4 is 14.8 Å². The van der Waals surface area contributed by atoms with Crippen LogP contribution in [0.5, 0.6) is 11.5 Å². The minimum absolute atomic E-state index is 0.0395. The van der Waals surface area contributed by atoms with Gasteiger partial charge in [-0.1, -0.05) is 12.1 Å². The van der Waals surface area contributed by atoms with Crippen LogP contribution in [-0.4, -0.2) is 39.5 Å². The van der Waals surface area contributed by atoms with Gasteiger partial charge < -0.3 is 19.9 Å². The molecule has 0 saturated heterocycles. The molecule has 5 rings (SSSR count). The largest absolute Gasteiger partial charge is 0.497 e. The van der Waals surface area contributed by atoms with Crippen LogP contribution in [0.2, 0.25) is 0 Å². The van der Waals surface area contributed by atoms with E-state index in [4.69, 9.17) is 9.47 Å². The number of anilines is 1. The summed E-state index contributed by atoms with van der Waals surface area (Å²) >= 11 is 0. The molecule has 0 radical (unpaired) electrons. The summed E-state index contributed by atoms with van der Waals surface area (Å²) in [6, 6.07) is 12.2. The number of ether oxygens (including phenoxy) is 2. The van der Waals surface area contributed by atoms with Gasteiger partial charge in [-0.25, -0.2) is 0 Å². The maximum atomic E-state index is 13.5. The van der Waals surface area contributed by atoms with Gasteiger partial charge in [0.15, 0.2) is 5.82 Å². The molecule has 1 aliphatic rings. The van der Waals surface area contributed by atoms with E-state index in [-0.39, 0.29) is 24.5 Å². The van der Waals surface area contributed by atoms with E-state index in [1.807, 2.05) is 0 Å². The maximum Gasteiger partial charge on any atom is 0.416 e. The topological polar surface area (TPSA) is 89.4 Å². The van der Waals surface area contributed by atoms with Gasteiger partial charge in [0, 0.05) is 34.8 Å². The Morgan fingerprint density at radius 1 is 1.03 bits per heavy atom. The number of aliphatic hydroxyl groups excluding tert-OH is 1. The van der Waals surface area contributed by atoms with E-state index in [2.05, 4.69) is 20.5 Å². The van der Waals surface area contributed by atoms with E-state index in [9.17, 15) is 18.3 Å². The first-order valence-electron chi connectivity index (χ1n) is 11.8. The van der Waals surface area contributed by atoms with Crippen LogP contribution in [0.1, 0.15) is 30.4 Å². The molecule has 2 heterocycles. The Labute approximate surface area is 211 Å². The Bertz CT molecular complexity index is 1400. The van der Waals surface area contributed by atoms with E-state index in [1.54, 1.807) is 49.8 Å². The van der Waals surface area contributed by atoms with Gasteiger partial charge in [-0.05, 0) is 61.2 Å². The molecule has 2 atom stereocenters. The highest BCUT2D eigenvalue weighted by atomic mass is 19.4. The van der Waals surface area contributed by atoms with Gasteiger partial charge in [0.1, 0.15) is 23.8 Å². The number of alkyl halides is 3. The van der Waals surface area contributed by atoms with E-state index in [0.29, 0.717) is 46.4 Å². The SMILES string of the molecule is COc1ccc(COc2cc(C(F)(F)F)ccc2-c2nnc(N[C@@H]3CC[C@H](O)C3)c3cnccc23)cc1. The maximum absolute atomic E-state index is 13.5. The molecule has 2 aromatic carbocycles. The molecule has 37 heavy (non-hydrogen) atoms. The monoisotopic (exact) mass is 510 g/mol. The highest BCUT2D eigenvalue weighted by Gasteiger charge is 2.32. The predicted octanol–water partition coefficient (Wildman–Crippen LogP) is 5.62. The Morgan fingerprint density at radius 3 is 2.54 bits per heavy atom. The summed E-state index contributed by atoms with van der Waals surface area (Å²) in [6.07, 6.45) is 0.462. The van der Waals surface area contributed by atoms with Crippen LogP contribution in [0.4, 0.5) is 19.0 Å². The number of rotatable bonds is 7. The first kappa shape index (κ1) is 24.8. The van der Waals surface area contributed by atoms with Crippen molar-refractivity contribution in [3.05, 3.63) is 72.1 Å². The lowest BCUT2D eigenvalue weighted by Crippen LogP contribution is -2.18. The average Bonchev–Trinajstić information content (AvgIpc) is 3.32. The molecule has 0 bridgehead atoms. The molecule has 2 aromatic heterocycles. The number of nitrogens with one attached hydrogen (secondary N) is 1. The molecule has 1 aliphatic carbocycles. The molecule has 0 aliphatic heterocycles. The summed E-state index contributed by atoms with van der Waals surface area (Å²) < 4.78 is 51.7. The second-order valence-electron chi connectivity index (χ2n) is 8.97. The number of hydrogen-bond donors (Lipinski definition) is 2. The minimum atomic E-state index is -4.53. The van der Waals surface area contributed by atoms with Crippen molar-refractivity contribution in [2.45, 2.75) is 44.2 Å². The number of nitrogens with zero attached hydrogens (tertiary/aromatic N) is 3. The first-order valence-corrected chi connectivity index (χ1v) is 11.8. The number of aliphatic hydroxyl groups is 1. The third kappa shape index (κ3) is 5.43. The summed E-state index contributed by atoms with van der Waals surface area (Å²) in [5.74, 6) is 1.22. The number of benzene rings is 2. The fourth-order valence-corrected chi connectivity index (χ4v) is 4.48. The van der Waals surface area contributed by atoms with Crippen LogP contribution in [-0.2, 0) is 12.8 Å². The molecule has 1 saturated carbocycles. The third-order valence-electron chi connectivity index (χ3n) is 6.44. The van der Waals surface area contributed by atoms with E-state index in [1.165, 1.54) is 6.07 Å². The number of halogens is 3. The second-order valence-corrected chi connectivity index (χ2v) is 8.97. The molecule has 7 nitrogen and oxygen atoms in total. The normalized spacial score (nSPS) is 17.6. The molecule has 2 N–H and O–H groups in total. The van der Waals surface area contributed by atoms with Gasteiger partial charge in [0.25, 0.3) is 0 Å². The number of fused-ring (bicyclic) bond motifs is 1. The van der Waals surface area contributed by atoms with Crippen LogP contribution in [0, 0.1) is 0 Å². The van der Waals surface area contributed by atoms with E-state index < -0.39 is 11.7 Å². The smallest absolute Gasteiger partial charge is 0.416 e. The zero-order chi connectivity index (χ0) is 26.0. The second kappa shape index (κ2) is 10.2. The summed E-state index contributed by atoms with van der Waals surface area (Å²) in [7, 11) is 1.55. The molecule has 0 spiro atoms. The molecule has 1 fully saturated rings. The van der Waals surface area contributed by atoms with Gasteiger partial charge in [-0.3, -0.25) is 4.98 Å². The molecule has 10 heteroatoms. The van der Waals surface area contributed by atoms with Crippen molar-refractivity contribution < 1.29 is 27.8 Å². The van der Waals surface area contributed by atoms with Gasteiger partial charge in [0.05, 0.1) is 18.8 Å². The van der Waals surface area contributed by atoms with Crippen LogP contribution in [0.25, 0.3) is 22.0 Å². The molecular formula is C27H25F3N4O3. The van der Waals surface area contributed by atoms with Crippen LogP contribution in [0.15, 0.2) is 60.9 Å². The molecule has 0 amide bonds. The number of pyridine rings is 1. The summed E-state index contributed by atoms with van der Waals surface area (Å²) in [4.78, 5) is 4.21. The standard InChI is InChI=1S/C27H25F3N4O3/c1-36-20-7-2-16(3-8-20)15-37-24-12-17(27(28,29)30)4-9-22(24)25-21-10-11-31-14-23(21)26(34-33-25)32-18-5-6-19(35)13-18/h2-4,7-12,14,18-19,35H,5-6,13,15H2,1H3,(H,32,34)/t18-,19+/m1/s1. The zero-order valence-corrected chi connectivity index (χ0v) is 20.0. The van der Waals surface area contributed by atoms with E-state index in [0.717, 1.165) is 24.1 Å². The Hall–Kier alpha value is -3.92. The predicted molar refractivity (Wildman–Crippen MR) is 132 cm³/mol. The lowest BCUT2D eigenvalue weighted by Gasteiger charge is -2.17. The van der Waals surface area contributed by atoms with Crippen molar-refractivity contribution in [1.82, 2.24) is 15.2 Å². The van der Waals surface area contributed by atoms with Crippen molar-refractivity contribution in [2.24, 2.45) is 0 Å². The highest BCUT2D eigenvalue weighted by molar-refractivity contribution is 6.00. The summed E-state index contributed by atoms with van der Waals surface area (Å²) in [5.41, 5.74) is 0.710. The van der Waals surface area contributed by atoms with E-state index >= 15 is 0 Å². The zero-order valence-electron chi connectivity index (χ0n) is 20.0. The average molecular weight is 511 g/mol. The molecule has 4 aromatic rings. The Morgan fingerprint density at radius 2 is 1.84 bits per heavy atom. The van der Waals surface area contributed by atoms with Gasteiger partial charge in [0.2, 0.25) is 0 Å². The van der Waals surface area contributed by atoms with Gasteiger partial charge >= 0.3 is 6.18 Å². The minimum Gasteiger partial charge on any atom is -0.497 e. The lowest BCUT2D eigenvalue weighted by molar-refractivity contribution is -0.137. The third-order valence-corrected chi connectivity index (χ3v) is 6.44. The lowest BCUT2D eigenvalue weighted by atomic mass is 10.0. The van der Waals surface area contributed by atoms with Crippen molar-refractivity contribution in [3.63, 3.8) is 0 Å². The fraction of sp³-hybridized carbons (Fsp3) is 0.296. The summed E-state index contributed by atoms with van der Waals surface area (Å²) in [6.45, 7) is 0.0505. The number of aromatic nitrogens is 3. The fourth-order valence-electron chi connectivity index (χ4n) is 4.48.